The Morgan fingerprint density at radius 3 is 2.61 bits per heavy atom. The number of carbonyl (C=O) groups is 1. The molecule has 3 N–H and O–H groups in total. The van der Waals surface area contributed by atoms with Crippen LogP contribution < -0.4 is 0 Å². The third kappa shape index (κ3) is 3.80. The predicted molar refractivity (Wildman–Crippen MR) is 64.8 cm³/mol. The van der Waals surface area contributed by atoms with Crippen LogP contribution in [0.2, 0.25) is 0 Å². The Balaban J connectivity index is 2.90. The van der Waals surface area contributed by atoms with Gasteiger partial charge >= 0.3 is 5.97 Å². The number of aliphatic hydroxyl groups excluding tert-OH is 3. The summed E-state index contributed by atoms with van der Waals surface area (Å²) in [5, 5.41) is 28.4. The van der Waals surface area contributed by atoms with Gasteiger partial charge in [-0.1, -0.05) is 24.3 Å². The molecule has 0 radical (unpaired) electrons. The number of aliphatic hydroxyl groups is 3. The molecule has 0 spiro atoms. The Bertz CT molecular complexity index is 391. The van der Waals surface area contributed by atoms with Gasteiger partial charge in [-0.2, -0.15) is 0 Å². The number of hydrogen-bond donors (Lipinski definition) is 3. The van der Waals surface area contributed by atoms with Crippen molar-refractivity contribution in [2.75, 3.05) is 13.7 Å². The predicted octanol–water partition coefficient (Wildman–Crippen LogP) is 0.179. The van der Waals surface area contributed by atoms with Gasteiger partial charge in [-0.05, 0) is 17.5 Å². The van der Waals surface area contributed by atoms with Crippen molar-refractivity contribution in [3.8, 4) is 0 Å². The molecule has 0 saturated carbocycles. The summed E-state index contributed by atoms with van der Waals surface area (Å²) < 4.78 is 4.57. The molecule has 5 nitrogen and oxygen atoms in total. The van der Waals surface area contributed by atoms with E-state index in [2.05, 4.69) is 4.74 Å². The van der Waals surface area contributed by atoms with Crippen molar-refractivity contribution in [1.82, 2.24) is 0 Å². The number of hydrogen-bond acceptors (Lipinski definition) is 5. The molecule has 5 heteroatoms. The molecule has 2 unspecified atom stereocenters. The van der Waals surface area contributed by atoms with Crippen LogP contribution in [0.25, 0.3) is 0 Å². The van der Waals surface area contributed by atoms with E-state index in [0.29, 0.717) is 11.1 Å². The summed E-state index contributed by atoms with van der Waals surface area (Å²) in [6, 6.07) is 6.79. The minimum atomic E-state index is -1.13. The number of benzene rings is 1. The maximum atomic E-state index is 11.2. The summed E-state index contributed by atoms with van der Waals surface area (Å²) in [7, 11) is 1.29. The summed E-state index contributed by atoms with van der Waals surface area (Å²) in [5.74, 6) is -0.411. The average molecular weight is 254 g/mol. The van der Waals surface area contributed by atoms with Crippen molar-refractivity contribution >= 4 is 5.97 Å². The Morgan fingerprint density at radius 1 is 1.33 bits per heavy atom. The highest BCUT2D eigenvalue weighted by Crippen LogP contribution is 2.23. The highest BCUT2D eigenvalue weighted by Gasteiger charge is 2.21. The summed E-state index contributed by atoms with van der Waals surface area (Å²) in [4.78, 5) is 11.2. The van der Waals surface area contributed by atoms with Gasteiger partial charge in [-0.25, -0.2) is 0 Å². The molecule has 2 atom stereocenters. The molecule has 0 aliphatic rings. The molecule has 0 amide bonds. The highest BCUT2D eigenvalue weighted by molar-refractivity contribution is 5.72. The number of methoxy groups -OCH3 is 1. The van der Waals surface area contributed by atoms with Crippen molar-refractivity contribution in [2.45, 2.75) is 25.0 Å². The third-order valence-corrected chi connectivity index (χ3v) is 2.73. The van der Waals surface area contributed by atoms with Crippen molar-refractivity contribution in [1.29, 1.82) is 0 Å². The first-order chi connectivity index (χ1) is 8.60. The zero-order chi connectivity index (χ0) is 13.5. The molecule has 1 aromatic rings. The molecular weight excluding hydrogens is 236 g/mol. The number of carbonyl (C=O) groups excluding carboxylic acids is 1. The molecule has 0 aliphatic heterocycles. The standard InChI is InChI=1S/C13H18O5/c1-18-12(16)8-9-4-2-3-5-10(9)13(17)11(15)6-7-14/h2-5,11,13-15,17H,6-8H2,1H3. The van der Waals surface area contributed by atoms with E-state index in [1.807, 2.05) is 0 Å². The minimum Gasteiger partial charge on any atom is -0.469 e. The number of rotatable bonds is 6. The maximum absolute atomic E-state index is 11.2. The van der Waals surface area contributed by atoms with Gasteiger partial charge in [0.15, 0.2) is 0 Å². The quantitative estimate of drug-likeness (QED) is 0.630. The van der Waals surface area contributed by atoms with Crippen molar-refractivity contribution < 1.29 is 24.9 Å². The van der Waals surface area contributed by atoms with Crippen LogP contribution in [0, 0.1) is 0 Å². The largest absolute Gasteiger partial charge is 0.469 e. The van der Waals surface area contributed by atoms with Crippen molar-refractivity contribution in [2.24, 2.45) is 0 Å². The second-order valence-electron chi connectivity index (χ2n) is 3.98. The molecule has 18 heavy (non-hydrogen) atoms. The molecule has 0 bridgehead atoms. The average Bonchev–Trinajstić information content (AvgIpc) is 2.38. The lowest BCUT2D eigenvalue weighted by Crippen LogP contribution is -2.21. The molecule has 100 valence electrons. The van der Waals surface area contributed by atoms with Crippen molar-refractivity contribution in [3.63, 3.8) is 0 Å². The second kappa shape index (κ2) is 7.10. The van der Waals surface area contributed by atoms with Gasteiger partial charge in [-0.3, -0.25) is 4.79 Å². The van der Waals surface area contributed by atoms with E-state index in [0.717, 1.165) is 0 Å². The smallest absolute Gasteiger partial charge is 0.309 e. The number of ether oxygens (including phenoxy) is 1. The van der Waals surface area contributed by atoms with Gasteiger partial charge in [0, 0.05) is 6.61 Å². The molecular formula is C13H18O5. The summed E-state index contributed by atoms with van der Waals surface area (Å²) in [5.41, 5.74) is 1.08. The Kier molecular flexibility index (Phi) is 5.77. The lowest BCUT2D eigenvalue weighted by molar-refractivity contribution is -0.139. The fourth-order valence-electron chi connectivity index (χ4n) is 1.71. The van der Waals surface area contributed by atoms with Crippen LogP contribution in [-0.2, 0) is 16.0 Å². The summed E-state index contributed by atoms with van der Waals surface area (Å²) in [6.07, 6.45) is -2.07. The number of esters is 1. The first-order valence-electron chi connectivity index (χ1n) is 5.71. The van der Waals surface area contributed by atoms with E-state index in [1.165, 1.54) is 7.11 Å². The molecule has 1 aromatic carbocycles. The van der Waals surface area contributed by atoms with Crippen LogP contribution in [0.3, 0.4) is 0 Å². The fraction of sp³-hybridized carbons (Fsp3) is 0.462. The maximum Gasteiger partial charge on any atom is 0.309 e. The Hall–Kier alpha value is -1.43. The Labute approximate surface area is 106 Å². The van der Waals surface area contributed by atoms with Gasteiger partial charge < -0.3 is 20.1 Å². The molecule has 0 saturated heterocycles. The van der Waals surface area contributed by atoms with E-state index in [-0.39, 0.29) is 19.4 Å². The minimum absolute atomic E-state index is 0.0373. The van der Waals surface area contributed by atoms with Crippen molar-refractivity contribution in [3.05, 3.63) is 35.4 Å². The van der Waals surface area contributed by atoms with E-state index < -0.39 is 18.2 Å². The SMILES string of the molecule is COC(=O)Cc1ccccc1C(O)C(O)CCO. The first-order valence-corrected chi connectivity index (χ1v) is 5.71. The van der Waals surface area contributed by atoms with Crippen LogP contribution in [-0.4, -0.2) is 41.1 Å². The highest BCUT2D eigenvalue weighted by atomic mass is 16.5. The van der Waals surface area contributed by atoms with Gasteiger partial charge in [0.05, 0.1) is 19.6 Å². The zero-order valence-electron chi connectivity index (χ0n) is 10.2. The molecule has 0 aliphatic carbocycles. The van der Waals surface area contributed by atoms with Gasteiger partial charge in [0.2, 0.25) is 0 Å². The lowest BCUT2D eigenvalue weighted by atomic mass is 9.95. The summed E-state index contributed by atoms with van der Waals surface area (Å²) in [6.45, 7) is -0.211. The Morgan fingerprint density at radius 2 is 2.00 bits per heavy atom. The van der Waals surface area contributed by atoms with E-state index in [9.17, 15) is 15.0 Å². The molecule has 0 fully saturated rings. The first kappa shape index (κ1) is 14.6. The van der Waals surface area contributed by atoms with Crippen LogP contribution in [0.15, 0.2) is 24.3 Å². The van der Waals surface area contributed by atoms with E-state index in [4.69, 9.17) is 5.11 Å². The van der Waals surface area contributed by atoms with E-state index in [1.54, 1.807) is 24.3 Å². The van der Waals surface area contributed by atoms with Crippen LogP contribution in [0.5, 0.6) is 0 Å². The monoisotopic (exact) mass is 254 g/mol. The second-order valence-corrected chi connectivity index (χ2v) is 3.98. The van der Waals surface area contributed by atoms with E-state index >= 15 is 0 Å². The van der Waals surface area contributed by atoms with Gasteiger partial charge in [0.25, 0.3) is 0 Å². The molecule has 0 heterocycles. The molecule has 0 aromatic heterocycles. The fourth-order valence-corrected chi connectivity index (χ4v) is 1.71. The van der Waals surface area contributed by atoms with Gasteiger partial charge in [0.1, 0.15) is 6.10 Å². The van der Waals surface area contributed by atoms with Crippen LogP contribution in [0.1, 0.15) is 23.7 Å². The lowest BCUT2D eigenvalue weighted by Gasteiger charge is -2.19. The summed E-state index contributed by atoms with van der Waals surface area (Å²) >= 11 is 0. The zero-order valence-corrected chi connectivity index (χ0v) is 10.2. The van der Waals surface area contributed by atoms with Gasteiger partial charge in [-0.15, -0.1) is 0 Å². The van der Waals surface area contributed by atoms with Crippen LogP contribution in [0.4, 0.5) is 0 Å². The molecule has 1 rings (SSSR count). The topological polar surface area (TPSA) is 87.0 Å². The normalized spacial score (nSPS) is 14.0. The van der Waals surface area contributed by atoms with Crippen LogP contribution >= 0.6 is 0 Å². The third-order valence-electron chi connectivity index (χ3n) is 2.73.